The standard InChI is InChI=1S/C21H31NO2/c1-13-10-18-16-5-4-14-11-15(23)6-8-19(14,2)17(16)7-9-20(18,3)21(13,24)12-22/h4,13,15-18,23-24H,5-11H2,1-3H3/t13?,15?,16-,17-,18+,19+,20+,21?/m1/s1. The molecule has 3 heteroatoms. The van der Waals surface area contributed by atoms with Crippen molar-refractivity contribution in [1.29, 1.82) is 5.26 Å². The van der Waals surface area contributed by atoms with E-state index in [1.54, 1.807) is 0 Å². The van der Waals surface area contributed by atoms with Gasteiger partial charge in [-0.15, -0.1) is 0 Å². The highest BCUT2D eigenvalue weighted by molar-refractivity contribution is 5.28. The summed E-state index contributed by atoms with van der Waals surface area (Å²) in [5, 5.41) is 30.9. The number of nitrogens with zero attached hydrogens (tertiary/aromatic N) is 1. The third kappa shape index (κ3) is 1.85. The first-order valence-corrected chi connectivity index (χ1v) is 9.77. The highest BCUT2D eigenvalue weighted by Gasteiger charge is 2.66. The smallest absolute Gasteiger partial charge is 0.159 e. The summed E-state index contributed by atoms with van der Waals surface area (Å²) in [5.74, 6) is 1.73. The maximum Gasteiger partial charge on any atom is 0.159 e. The van der Waals surface area contributed by atoms with Crippen LogP contribution in [0.2, 0.25) is 0 Å². The van der Waals surface area contributed by atoms with Gasteiger partial charge in [0.25, 0.3) is 0 Å². The molecule has 24 heavy (non-hydrogen) atoms. The SMILES string of the molecule is CC1C[C@H]2[C@@H]3CC=C4CC(O)CC[C@]4(C)[C@@H]3CC[C@]2(C)C1(O)C#N. The van der Waals surface area contributed by atoms with Crippen LogP contribution in [0.25, 0.3) is 0 Å². The Morgan fingerprint density at radius 3 is 2.67 bits per heavy atom. The zero-order valence-corrected chi connectivity index (χ0v) is 15.3. The summed E-state index contributed by atoms with van der Waals surface area (Å²) in [4.78, 5) is 0. The summed E-state index contributed by atoms with van der Waals surface area (Å²) in [6.45, 7) is 6.65. The lowest BCUT2D eigenvalue weighted by atomic mass is 9.47. The van der Waals surface area contributed by atoms with E-state index in [1.165, 1.54) is 5.57 Å². The van der Waals surface area contributed by atoms with Crippen molar-refractivity contribution < 1.29 is 10.2 Å². The summed E-state index contributed by atoms with van der Waals surface area (Å²) >= 11 is 0. The average molecular weight is 329 g/mol. The molecule has 4 aliphatic rings. The first kappa shape index (κ1) is 16.6. The van der Waals surface area contributed by atoms with Crippen LogP contribution in [0.4, 0.5) is 0 Å². The molecular weight excluding hydrogens is 298 g/mol. The van der Waals surface area contributed by atoms with Gasteiger partial charge in [-0.1, -0.05) is 32.4 Å². The second-order valence-corrected chi connectivity index (χ2v) is 9.63. The number of rotatable bonds is 0. The Hall–Kier alpha value is -0.850. The molecule has 0 radical (unpaired) electrons. The summed E-state index contributed by atoms with van der Waals surface area (Å²) < 4.78 is 0. The lowest BCUT2D eigenvalue weighted by Gasteiger charge is -2.58. The second-order valence-electron chi connectivity index (χ2n) is 9.63. The predicted molar refractivity (Wildman–Crippen MR) is 92.8 cm³/mol. The molecule has 0 spiro atoms. The molecule has 0 aliphatic heterocycles. The molecule has 3 saturated carbocycles. The van der Waals surface area contributed by atoms with Gasteiger partial charge >= 0.3 is 0 Å². The van der Waals surface area contributed by atoms with Gasteiger partial charge in [0.2, 0.25) is 0 Å². The Morgan fingerprint density at radius 2 is 1.96 bits per heavy atom. The van der Waals surface area contributed by atoms with Crippen LogP contribution in [-0.2, 0) is 0 Å². The maximum absolute atomic E-state index is 11.1. The van der Waals surface area contributed by atoms with Gasteiger partial charge in [-0.05, 0) is 74.0 Å². The molecule has 2 N–H and O–H groups in total. The second kappa shape index (κ2) is 5.08. The highest BCUT2D eigenvalue weighted by Crippen LogP contribution is 2.68. The number of fused-ring (bicyclic) bond motifs is 5. The minimum Gasteiger partial charge on any atom is -0.393 e. The van der Waals surface area contributed by atoms with Gasteiger partial charge in [-0.2, -0.15) is 5.26 Å². The van der Waals surface area contributed by atoms with Crippen molar-refractivity contribution >= 4 is 0 Å². The molecule has 8 atom stereocenters. The van der Waals surface area contributed by atoms with E-state index in [-0.39, 0.29) is 22.9 Å². The number of aliphatic hydroxyl groups is 2. The maximum atomic E-state index is 11.1. The first-order chi connectivity index (χ1) is 11.3. The number of hydrogen-bond donors (Lipinski definition) is 2. The normalized spacial score (nSPS) is 56.5. The van der Waals surface area contributed by atoms with Crippen molar-refractivity contribution in [2.45, 2.75) is 77.4 Å². The van der Waals surface area contributed by atoms with Gasteiger partial charge in [-0.25, -0.2) is 0 Å². The van der Waals surface area contributed by atoms with Crippen LogP contribution in [-0.4, -0.2) is 21.9 Å². The van der Waals surface area contributed by atoms with Gasteiger partial charge in [0.05, 0.1) is 12.2 Å². The van der Waals surface area contributed by atoms with Crippen LogP contribution < -0.4 is 0 Å². The minimum atomic E-state index is -1.17. The topological polar surface area (TPSA) is 64.2 Å². The molecule has 0 bridgehead atoms. The van der Waals surface area contributed by atoms with E-state index in [0.717, 1.165) is 44.9 Å². The Morgan fingerprint density at radius 1 is 1.21 bits per heavy atom. The van der Waals surface area contributed by atoms with E-state index in [2.05, 4.69) is 32.9 Å². The van der Waals surface area contributed by atoms with Crippen molar-refractivity contribution in [2.75, 3.05) is 0 Å². The Bertz CT molecular complexity index is 622. The molecule has 0 heterocycles. The Balaban J connectivity index is 1.71. The molecule has 4 aliphatic carbocycles. The lowest BCUT2D eigenvalue weighted by Crippen LogP contribution is -2.55. The molecule has 0 aromatic heterocycles. The van der Waals surface area contributed by atoms with Crippen molar-refractivity contribution in [3.05, 3.63) is 11.6 Å². The van der Waals surface area contributed by atoms with Crippen LogP contribution in [0.15, 0.2) is 11.6 Å². The van der Waals surface area contributed by atoms with E-state index >= 15 is 0 Å². The lowest BCUT2D eigenvalue weighted by molar-refractivity contribution is -0.105. The largest absolute Gasteiger partial charge is 0.393 e. The van der Waals surface area contributed by atoms with E-state index in [9.17, 15) is 15.5 Å². The van der Waals surface area contributed by atoms with E-state index < -0.39 is 5.60 Å². The third-order valence-electron chi connectivity index (χ3n) is 8.83. The fourth-order valence-corrected chi connectivity index (χ4v) is 7.22. The molecule has 3 unspecified atom stereocenters. The first-order valence-electron chi connectivity index (χ1n) is 9.77. The molecule has 132 valence electrons. The van der Waals surface area contributed by atoms with Gasteiger partial charge in [0, 0.05) is 5.41 Å². The van der Waals surface area contributed by atoms with Crippen LogP contribution >= 0.6 is 0 Å². The minimum absolute atomic E-state index is 0.0580. The van der Waals surface area contributed by atoms with Gasteiger partial charge in [-0.3, -0.25) is 0 Å². The Labute approximate surface area is 145 Å². The number of nitriles is 1. The van der Waals surface area contributed by atoms with Crippen molar-refractivity contribution in [1.82, 2.24) is 0 Å². The molecule has 0 amide bonds. The zero-order chi connectivity index (χ0) is 17.3. The highest BCUT2D eigenvalue weighted by atomic mass is 16.3. The van der Waals surface area contributed by atoms with Gasteiger partial charge in [0.1, 0.15) is 0 Å². The van der Waals surface area contributed by atoms with Gasteiger partial charge in [0.15, 0.2) is 5.60 Å². The summed E-state index contributed by atoms with van der Waals surface area (Å²) in [5.41, 5.74) is 0.266. The summed E-state index contributed by atoms with van der Waals surface area (Å²) in [6.07, 6.45) is 9.20. The molecule has 3 fully saturated rings. The third-order valence-corrected chi connectivity index (χ3v) is 8.83. The fraction of sp³-hybridized carbons (Fsp3) is 0.857. The number of allylic oxidation sites excluding steroid dienone is 1. The van der Waals surface area contributed by atoms with Crippen LogP contribution in [0.1, 0.15) is 65.7 Å². The van der Waals surface area contributed by atoms with Crippen LogP contribution in [0.5, 0.6) is 0 Å². The van der Waals surface area contributed by atoms with Gasteiger partial charge < -0.3 is 10.2 Å². The summed E-state index contributed by atoms with van der Waals surface area (Å²) in [7, 11) is 0. The molecule has 0 aromatic rings. The molecule has 4 rings (SSSR count). The van der Waals surface area contributed by atoms with Crippen molar-refractivity contribution in [3.63, 3.8) is 0 Å². The molecule has 0 saturated heterocycles. The molecule has 0 aromatic carbocycles. The zero-order valence-electron chi connectivity index (χ0n) is 15.3. The quantitative estimate of drug-likeness (QED) is 0.525. The van der Waals surface area contributed by atoms with E-state index in [0.29, 0.717) is 17.8 Å². The fourth-order valence-electron chi connectivity index (χ4n) is 7.22. The number of hydrogen-bond acceptors (Lipinski definition) is 3. The monoisotopic (exact) mass is 329 g/mol. The van der Waals surface area contributed by atoms with Crippen LogP contribution in [0, 0.1) is 45.8 Å². The van der Waals surface area contributed by atoms with E-state index in [1.807, 2.05) is 0 Å². The summed E-state index contributed by atoms with van der Waals surface area (Å²) in [6, 6.07) is 2.30. The molecule has 3 nitrogen and oxygen atoms in total. The average Bonchev–Trinajstić information content (AvgIpc) is 2.76. The van der Waals surface area contributed by atoms with E-state index in [4.69, 9.17) is 0 Å². The van der Waals surface area contributed by atoms with Crippen molar-refractivity contribution in [3.8, 4) is 6.07 Å². The predicted octanol–water partition coefficient (Wildman–Crippen LogP) is 3.81. The van der Waals surface area contributed by atoms with Crippen molar-refractivity contribution in [2.24, 2.45) is 34.5 Å². The Kier molecular flexibility index (Phi) is 3.52. The molecular formula is C21H31NO2. The van der Waals surface area contributed by atoms with Crippen LogP contribution in [0.3, 0.4) is 0 Å². The number of aliphatic hydroxyl groups excluding tert-OH is 1.